The van der Waals surface area contributed by atoms with Crippen LogP contribution < -0.4 is 4.74 Å². The molecule has 6 heteroatoms. The van der Waals surface area contributed by atoms with Gasteiger partial charge in [0.05, 0.1) is 12.1 Å². The van der Waals surface area contributed by atoms with Gasteiger partial charge in [-0.3, -0.25) is 4.90 Å². The van der Waals surface area contributed by atoms with E-state index in [0.717, 1.165) is 30.6 Å². The highest BCUT2D eigenvalue weighted by atomic mass is 79.9. The lowest BCUT2D eigenvalue weighted by atomic mass is 9.86. The number of hydrogen-bond donors (Lipinski definition) is 0. The summed E-state index contributed by atoms with van der Waals surface area (Å²) in [5.74, 6) is 0.584. The zero-order chi connectivity index (χ0) is 18.7. The molecule has 2 aromatic rings. The van der Waals surface area contributed by atoms with E-state index >= 15 is 0 Å². The molecule has 2 fully saturated rings. The summed E-state index contributed by atoms with van der Waals surface area (Å²) in [7, 11) is 0. The minimum absolute atomic E-state index is 0.101. The average molecular weight is 431 g/mol. The molecule has 0 N–H and O–H groups in total. The van der Waals surface area contributed by atoms with Crippen molar-refractivity contribution in [2.75, 3.05) is 39.4 Å². The monoisotopic (exact) mass is 430 g/mol. The van der Waals surface area contributed by atoms with E-state index in [1.165, 1.54) is 5.56 Å². The third-order valence-electron chi connectivity index (χ3n) is 5.47. The molecule has 0 bridgehead atoms. The summed E-state index contributed by atoms with van der Waals surface area (Å²) in [5, 5.41) is 0. The Morgan fingerprint density at radius 3 is 2.33 bits per heavy atom. The van der Waals surface area contributed by atoms with Crippen LogP contribution in [0.5, 0.6) is 5.75 Å². The number of hydrogen-bond acceptors (Lipinski definition) is 4. The lowest BCUT2D eigenvalue weighted by Crippen LogP contribution is -2.57. The Morgan fingerprint density at radius 2 is 1.70 bits per heavy atom. The van der Waals surface area contributed by atoms with Crippen LogP contribution in [0.25, 0.3) is 0 Å². The van der Waals surface area contributed by atoms with Gasteiger partial charge in [-0.15, -0.1) is 0 Å². The van der Waals surface area contributed by atoms with Gasteiger partial charge in [-0.05, 0) is 36.2 Å². The van der Waals surface area contributed by atoms with E-state index in [-0.39, 0.29) is 11.6 Å². The van der Waals surface area contributed by atoms with Crippen LogP contribution in [0.4, 0.5) is 4.79 Å². The third-order valence-corrected chi connectivity index (χ3v) is 6.00. The molecule has 0 aliphatic carbocycles. The molecular weight excluding hydrogens is 408 g/mol. The number of amides is 1. The molecule has 0 saturated carbocycles. The number of halogens is 1. The molecule has 0 spiro atoms. The highest BCUT2D eigenvalue weighted by Crippen LogP contribution is 2.38. The number of para-hydroxylation sites is 1. The van der Waals surface area contributed by atoms with Crippen LogP contribution in [-0.4, -0.2) is 55.3 Å². The number of nitrogens with zero attached hydrogens (tertiary/aromatic N) is 2. The second-order valence-electron chi connectivity index (χ2n) is 7.00. The number of rotatable bonds is 3. The Labute approximate surface area is 168 Å². The SMILES string of the molecule is O=C(Oc1ccccc1)N1CCN(C2(c3ccc(Br)cc3)CCOC2)CC1. The number of carbonyl (C=O) groups excluding carboxylic acids is 1. The Morgan fingerprint density at radius 1 is 1.00 bits per heavy atom. The van der Waals surface area contributed by atoms with Crippen molar-refractivity contribution in [3.8, 4) is 5.75 Å². The van der Waals surface area contributed by atoms with Crippen molar-refractivity contribution in [2.45, 2.75) is 12.0 Å². The van der Waals surface area contributed by atoms with E-state index in [9.17, 15) is 4.79 Å². The molecule has 2 aliphatic heterocycles. The summed E-state index contributed by atoms with van der Waals surface area (Å²) in [6.07, 6.45) is 0.699. The molecule has 2 heterocycles. The molecule has 2 aliphatic rings. The summed E-state index contributed by atoms with van der Waals surface area (Å²) in [6, 6.07) is 17.8. The van der Waals surface area contributed by atoms with Gasteiger partial charge in [0.2, 0.25) is 0 Å². The molecule has 142 valence electrons. The summed E-state index contributed by atoms with van der Waals surface area (Å²) in [5.41, 5.74) is 1.18. The molecule has 5 nitrogen and oxygen atoms in total. The number of benzene rings is 2. The van der Waals surface area contributed by atoms with Crippen LogP contribution in [0, 0.1) is 0 Å². The van der Waals surface area contributed by atoms with Crippen LogP contribution in [0.2, 0.25) is 0 Å². The second kappa shape index (κ2) is 8.00. The smallest absolute Gasteiger partial charge is 0.410 e. The highest BCUT2D eigenvalue weighted by molar-refractivity contribution is 9.10. The zero-order valence-electron chi connectivity index (χ0n) is 15.1. The van der Waals surface area contributed by atoms with Gasteiger partial charge in [0.15, 0.2) is 0 Å². The van der Waals surface area contributed by atoms with Gasteiger partial charge in [0, 0.05) is 37.3 Å². The average Bonchev–Trinajstić information content (AvgIpc) is 3.20. The molecule has 1 unspecified atom stereocenters. The zero-order valence-corrected chi connectivity index (χ0v) is 16.7. The van der Waals surface area contributed by atoms with Crippen LogP contribution in [0.3, 0.4) is 0 Å². The van der Waals surface area contributed by atoms with E-state index in [0.29, 0.717) is 25.4 Å². The van der Waals surface area contributed by atoms with E-state index in [4.69, 9.17) is 9.47 Å². The molecule has 0 aromatic heterocycles. The molecule has 1 amide bonds. The van der Waals surface area contributed by atoms with Crippen molar-refractivity contribution < 1.29 is 14.3 Å². The minimum atomic E-state index is -0.277. The van der Waals surface area contributed by atoms with Crippen molar-refractivity contribution in [1.29, 1.82) is 0 Å². The molecule has 27 heavy (non-hydrogen) atoms. The van der Waals surface area contributed by atoms with Crippen molar-refractivity contribution in [3.63, 3.8) is 0 Å². The fourth-order valence-electron chi connectivity index (χ4n) is 3.94. The molecule has 2 saturated heterocycles. The first-order valence-corrected chi connectivity index (χ1v) is 10.1. The van der Waals surface area contributed by atoms with Crippen LogP contribution >= 0.6 is 15.9 Å². The van der Waals surface area contributed by atoms with E-state index < -0.39 is 0 Å². The van der Waals surface area contributed by atoms with Gasteiger partial charge < -0.3 is 14.4 Å². The van der Waals surface area contributed by atoms with Crippen molar-refractivity contribution in [1.82, 2.24) is 9.80 Å². The molecule has 0 radical (unpaired) electrons. The number of ether oxygens (including phenoxy) is 2. The van der Waals surface area contributed by atoms with Crippen LogP contribution in [-0.2, 0) is 10.3 Å². The molecule has 2 aromatic carbocycles. The standard InChI is InChI=1S/C21H23BrN2O3/c22-18-8-6-17(7-9-18)21(10-15-26-16-21)24-13-11-23(12-14-24)20(25)27-19-4-2-1-3-5-19/h1-9H,10-16H2. The molecular formula is C21H23BrN2O3. The third kappa shape index (κ3) is 3.88. The highest BCUT2D eigenvalue weighted by Gasteiger charge is 2.43. The fraction of sp³-hybridized carbons (Fsp3) is 0.381. The predicted molar refractivity (Wildman–Crippen MR) is 107 cm³/mol. The van der Waals surface area contributed by atoms with Gasteiger partial charge >= 0.3 is 6.09 Å². The first-order chi connectivity index (χ1) is 13.2. The summed E-state index contributed by atoms with van der Waals surface area (Å²) >= 11 is 3.52. The van der Waals surface area contributed by atoms with Gasteiger partial charge in [0.1, 0.15) is 5.75 Å². The number of carbonyl (C=O) groups is 1. The van der Waals surface area contributed by atoms with Crippen LogP contribution in [0.15, 0.2) is 59.1 Å². The lowest BCUT2D eigenvalue weighted by Gasteiger charge is -2.45. The lowest BCUT2D eigenvalue weighted by molar-refractivity contribution is 0.0235. The summed E-state index contributed by atoms with van der Waals surface area (Å²) < 4.78 is 12.3. The topological polar surface area (TPSA) is 42.0 Å². The number of piperazine rings is 1. The van der Waals surface area contributed by atoms with Crippen molar-refractivity contribution in [2.24, 2.45) is 0 Å². The van der Waals surface area contributed by atoms with Gasteiger partial charge in [0.25, 0.3) is 0 Å². The summed E-state index contributed by atoms with van der Waals surface area (Å²) in [6.45, 7) is 4.40. The van der Waals surface area contributed by atoms with E-state index in [1.54, 1.807) is 17.0 Å². The first-order valence-electron chi connectivity index (χ1n) is 9.28. The minimum Gasteiger partial charge on any atom is -0.410 e. The predicted octanol–water partition coefficient (Wildman–Crippen LogP) is 3.88. The maximum absolute atomic E-state index is 12.4. The van der Waals surface area contributed by atoms with E-state index in [1.807, 2.05) is 18.2 Å². The van der Waals surface area contributed by atoms with E-state index in [2.05, 4.69) is 45.1 Å². The van der Waals surface area contributed by atoms with Gasteiger partial charge in [-0.25, -0.2) is 4.79 Å². The second-order valence-corrected chi connectivity index (χ2v) is 7.91. The maximum Gasteiger partial charge on any atom is 0.415 e. The Hall–Kier alpha value is -1.89. The van der Waals surface area contributed by atoms with Gasteiger partial charge in [-0.1, -0.05) is 46.3 Å². The molecule has 1 atom stereocenters. The van der Waals surface area contributed by atoms with Crippen molar-refractivity contribution in [3.05, 3.63) is 64.6 Å². The fourth-order valence-corrected chi connectivity index (χ4v) is 4.21. The molecule has 4 rings (SSSR count). The summed E-state index contributed by atoms with van der Waals surface area (Å²) in [4.78, 5) is 16.7. The van der Waals surface area contributed by atoms with Gasteiger partial charge in [-0.2, -0.15) is 0 Å². The van der Waals surface area contributed by atoms with Crippen molar-refractivity contribution >= 4 is 22.0 Å². The Kier molecular flexibility index (Phi) is 5.48. The normalized spacial score (nSPS) is 23.4. The van der Waals surface area contributed by atoms with Crippen LogP contribution in [0.1, 0.15) is 12.0 Å². The Bertz CT molecular complexity index is 768. The Balaban J connectivity index is 1.43. The quantitative estimate of drug-likeness (QED) is 0.740. The first kappa shape index (κ1) is 18.5. The maximum atomic E-state index is 12.4. The largest absolute Gasteiger partial charge is 0.415 e.